The Morgan fingerprint density at radius 2 is 1.94 bits per heavy atom. The van der Waals surface area contributed by atoms with Gasteiger partial charge in [-0.05, 0) is 18.1 Å². The predicted octanol–water partition coefficient (Wildman–Crippen LogP) is 2.57. The lowest BCUT2D eigenvalue weighted by molar-refractivity contribution is 0.0860. The van der Waals surface area contributed by atoms with Crippen molar-refractivity contribution in [2.24, 2.45) is 0 Å². The number of benzene rings is 1. The Morgan fingerprint density at radius 1 is 1.24 bits per heavy atom. The highest BCUT2D eigenvalue weighted by Crippen LogP contribution is 2.38. The quantitative estimate of drug-likeness (QED) is 0.797. The summed E-state index contributed by atoms with van der Waals surface area (Å²) in [5, 5.41) is 0.690. The molecule has 0 saturated carbocycles. The molecule has 0 aliphatic carbocycles. The molecule has 96 valence electrons. The molecular weight excluding hydrogens is 242 g/mol. The highest BCUT2D eigenvalue weighted by atomic mass is 35.5. The summed E-state index contributed by atoms with van der Waals surface area (Å²) in [6, 6.07) is 1.90. The van der Waals surface area contributed by atoms with Crippen LogP contribution in [0.5, 0.6) is 11.5 Å². The van der Waals surface area contributed by atoms with Gasteiger partial charge in [-0.2, -0.15) is 5.48 Å². The van der Waals surface area contributed by atoms with Crippen LogP contribution in [0.1, 0.15) is 18.1 Å². The van der Waals surface area contributed by atoms with E-state index < -0.39 is 0 Å². The standard InChI is InChI=1S/C12H18ClNO3/c1-5-8-6-10(15-2)12(16-3)9(11(8)13)7-14-17-4/h6,14H,5,7H2,1-4H3. The van der Waals surface area contributed by atoms with Gasteiger partial charge in [0.25, 0.3) is 0 Å². The molecule has 0 fully saturated rings. The Morgan fingerprint density at radius 3 is 2.41 bits per heavy atom. The van der Waals surface area contributed by atoms with Crippen molar-refractivity contribution >= 4 is 11.6 Å². The van der Waals surface area contributed by atoms with Crippen LogP contribution in [0.2, 0.25) is 5.02 Å². The number of nitrogens with one attached hydrogen (secondary N) is 1. The molecule has 5 heteroatoms. The van der Waals surface area contributed by atoms with Crippen LogP contribution < -0.4 is 15.0 Å². The van der Waals surface area contributed by atoms with Crippen molar-refractivity contribution in [2.45, 2.75) is 19.9 Å². The fourth-order valence-corrected chi connectivity index (χ4v) is 2.01. The van der Waals surface area contributed by atoms with E-state index in [0.717, 1.165) is 17.5 Å². The number of hydrogen-bond acceptors (Lipinski definition) is 4. The highest BCUT2D eigenvalue weighted by Gasteiger charge is 2.17. The minimum absolute atomic E-state index is 0.461. The summed E-state index contributed by atoms with van der Waals surface area (Å²) < 4.78 is 10.6. The van der Waals surface area contributed by atoms with Crippen molar-refractivity contribution in [1.29, 1.82) is 0 Å². The van der Waals surface area contributed by atoms with Gasteiger partial charge in [-0.25, -0.2) is 0 Å². The van der Waals surface area contributed by atoms with E-state index in [0.29, 0.717) is 23.1 Å². The highest BCUT2D eigenvalue weighted by molar-refractivity contribution is 6.32. The molecule has 0 radical (unpaired) electrons. The number of hydroxylamine groups is 1. The molecule has 0 amide bonds. The van der Waals surface area contributed by atoms with Gasteiger partial charge < -0.3 is 14.3 Å². The first-order valence-electron chi connectivity index (χ1n) is 5.37. The lowest BCUT2D eigenvalue weighted by Gasteiger charge is -2.17. The van der Waals surface area contributed by atoms with E-state index in [-0.39, 0.29) is 0 Å². The molecular formula is C12H18ClNO3. The van der Waals surface area contributed by atoms with E-state index in [1.807, 2.05) is 13.0 Å². The first kappa shape index (κ1) is 14.1. The van der Waals surface area contributed by atoms with E-state index in [2.05, 4.69) is 5.48 Å². The smallest absolute Gasteiger partial charge is 0.166 e. The third kappa shape index (κ3) is 3.03. The van der Waals surface area contributed by atoms with Crippen LogP contribution in [0.25, 0.3) is 0 Å². The molecule has 0 bridgehead atoms. The van der Waals surface area contributed by atoms with Crippen molar-refractivity contribution in [1.82, 2.24) is 5.48 Å². The number of halogens is 1. The van der Waals surface area contributed by atoms with Gasteiger partial charge in [-0.15, -0.1) is 0 Å². The zero-order valence-electron chi connectivity index (χ0n) is 10.6. The van der Waals surface area contributed by atoms with Gasteiger partial charge in [-0.1, -0.05) is 18.5 Å². The minimum Gasteiger partial charge on any atom is -0.493 e. The van der Waals surface area contributed by atoms with Crippen molar-refractivity contribution in [3.8, 4) is 11.5 Å². The largest absolute Gasteiger partial charge is 0.493 e. The van der Waals surface area contributed by atoms with Gasteiger partial charge in [0.2, 0.25) is 0 Å². The summed E-state index contributed by atoms with van der Waals surface area (Å²) in [6.07, 6.45) is 0.833. The van der Waals surface area contributed by atoms with Gasteiger partial charge in [0.15, 0.2) is 11.5 Å². The second-order valence-corrected chi connectivity index (χ2v) is 3.82. The number of methoxy groups -OCH3 is 2. The summed E-state index contributed by atoms with van der Waals surface area (Å²) >= 11 is 6.33. The van der Waals surface area contributed by atoms with Gasteiger partial charge in [0.1, 0.15) is 0 Å². The SMILES string of the molecule is CCc1cc(OC)c(OC)c(CNOC)c1Cl. The normalized spacial score (nSPS) is 10.4. The summed E-state index contributed by atoms with van der Waals surface area (Å²) in [4.78, 5) is 4.84. The van der Waals surface area contributed by atoms with Crippen LogP contribution in [0.4, 0.5) is 0 Å². The maximum atomic E-state index is 6.33. The number of ether oxygens (including phenoxy) is 2. The number of rotatable bonds is 6. The van der Waals surface area contributed by atoms with Crippen LogP contribution in [-0.4, -0.2) is 21.3 Å². The Hall–Kier alpha value is -0.970. The average molecular weight is 260 g/mol. The molecule has 1 aromatic carbocycles. The summed E-state index contributed by atoms with van der Waals surface area (Å²) in [5.41, 5.74) is 4.63. The molecule has 4 nitrogen and oxygen atoms in total. The Kier molecular flexibility index (Phi) is 5.55. The van der Waals surface area contributed by atoms with E-state index in [4.69, 9.17) is 25.9 Å². The van der Waals surface area contributed by atoms with E-state index in [9.17, 15) is 0 Å². The molecule has 1 aromatic rings. The van der Waals surface area contributed by atoms with Crippen LogP contribution in [-0.2, 0) is 17.8 Å². The van der Waals surface area contributed by atoms with Gasteiger partial charge in [0, 0.05) is 5.56 Å². The maximum Gasteiger partial charge on any atom is 0.166 e. The molecule has 17 heavy (non-hydrogen) atoms. The molecule has 0 aromatic heterocycles. The van der Waals surface area contributed by atoms with Crippen molar-refractivity contribution in [3.63, 3.8) is 0 Å². The van der Waals surface area contributed by atoms with Gasteiger partial charge >= 0.3 is 0 Å². The third-order valence-electron chi connectivity index (χ3n) is 2.55. The van der Waals surface area contributed by atoms with E-state index in [1.54, 1.807) is 21.3 Å². The van der Waals surface area contributed by atoms with Crippen molar-refractivity contribution < 1.29 is 14.3 Å². The molecule has 0 atom stereocenters. The molecule has 0 aliphatic rings. The predicted molar refractivity (Wildman–Crippen MR) is 67.8 cm³/mol. The van der Waals surface area contributed by atoms with Gasteiger partial charge in [-0.3, -0.25) is 0 Å². The lowest BCUT2D eigenvalue weighted by Crippen LogP contribution is -2.13. The first-order chi connectivity index (χ1) is 8.19. The molecule has 0 saturated heterocycles. The molecule has 0 spiro atoms. The van der Waals surface area contributed by atoms with Crippen LogP contribution in [0.3, 0.4) is 0 Å². The minimum atomic E-state index is 0.461. The van der Waals surface area contributed by atoms with Crippen LogP contribution >= 0.6 is 11.6 Å². The van der Waals surface area contributed by atoms with Gasteiger partial charge in [0.05, 0.1) is 32.9 Å². The lowest BCUT2D eigenvalue weighted by atomic mass is 10.1. The summed E-state index contributed by atoms with van der Waals surface area (Å²) in [7, 11) is 4.76. The maximum absolute atomic E-state index is 6.33. The Labute approximate surface area is 107 Å². The monoisotopic (exact) mass is 259 g/mol. The van der Waals surface area contributed by atoms with E-state index in [1.165, 1.54) is 0 Å². The average Bonchev–Trinajstić information content (AvgIpc) is 2.36. The van der Waals surface area contributed by atoms with Crippen molar-refractivity contribution in [3.05, 3.63) is 22.2 Å². The zero-order chi connectivity index (χ0) is 12.8. The van der Waals surface area contributed by atoms with E-state index >= 15 is 0 Å². The van der Waals surface area contributed by atoms with Crippen LogP contribution in [0, 0.1) is 0 Å². The summed E-state index contributed by atoms with van der Waals surface area (Å²) in [6.45, 7) is 2.50. The second-order valence-electron chi connectivity index (χ2n) is 3.44. The zero-order valence-corrected chi connectivity index (χ0v) is 11.4. The molecule has 1 N–H and O–H groups in total. The molecule has 1 rings (SSSR count). The molecule has 0 unspecified atom stereocenters. The van der Waals surface area contributed by atoms with Crippen LogP contribution in [0.15, 0.2) is 6.07 Å². The molecule has 0 aliphatic heterocycles. The first-order valence-corrected chi connectivity index (χ1v) is 5.75. The third-order valence-corrected chi connectivity index (χ3v) is 3.02. The Bertz CT molecular complexity index is 383. The number of aryl methyl sites for hydroxylation is 1. The van der Waals surface area contributed by atoms with Crippen molar-refractivity contribution in [2.75, 3.05) is 21.3 Å². The molecule has 0 heterocycles. The summed E-state index contributed by atoms with van der Waals surface area (Å²) in [5.74, 6) is 1.32. The number of hydrogen-bond donors (Lipinski definition) is 1. The Balaban J connectivity index is 3.28. The topological polar surface area (TPSA) is 39.7 Å². The fourth-order valence-electron chi connectivity index (χ4n) is 1.66. The second kappa shape index (κ2) is 6.69. The fraction of sp³-hybridized carbons (Fsp3) is 0.500.